The average molecular weight is 233 g/mol. The zero-order chi connectivity index (χ0) is 12.3. The lowest BCUT2D eigenvalue weighted by Gasteiger charge is -2.06. The number of nitrogens with zero attached hydrogens (tertiary/aromatic N) is 2. The number of aromatic nitrogens is 2. The number of nitrogens with two attached hydrogens (primary N) is 1. The highest BCUT2D eigenvalue weighted by atomic mass is 16.5. The van der Waals surface area contributed by atoms with Crippen molar-refractivity contribution in [2.45, 2.75) is 26.3 Å². The largest absolute Gasteiger partial charge is 0.385 e. The molecule has 0 atom stereocenters. The average Bonchev–Trinajstić information content (AvgIpc) is 2.60. The molecule has 1 aromatic carbocycles. The molecule has 92 valence electrons. The number of hydrogen-bond donors (Lipinski definition) is 1. The van der Waals surface area contributed by atoms with E-state index in [1.54, 1.807) is 7.11 Å². The topological polar surface area (TPSA) is 53.1 Å². The van der Waals surface area contributed by atoms with Crippen LogP contribution < -0.4 is 5.73 Å². The highest BCUT2D eigenvalue weighted by Gasteiger charge is 2.07. The molecule has 17 heavy (non-hydrogen) atoms. The standard InChI is InChI=1S/C13H19N3O/c1-10-5-6-12-11(9-10)15-13(14)16(12)7-3-4-8-17-2/h5-6,9H,3-4,7-8H2,1-2H3,(H2,14,15). The van der Waals surface area contributed by atoms with Crippen LogP contribution in [0.25, 0.3) is 11.0 Å². The molecular weight excluding hydrogens is 214 g/mol. The fourth-order valence-corrected chi connectivity index (χ4v) is 2.01. The summed E-state index contributed by atoms with van der Waals surface area (Å²) in [5.41, 5.74) is 9.25. The van der Waals surface area contributed by atoms with Gasteiger partial charge in [-0.3, -0.25) is 0 Å². The van der Waals surface area contributed by atoms with Gasteiger partial charge in [0.15, 0.2) is 0 Å². The second-order valence-electron chi connectivity index (χ2n) is 4.31. The van der Waals surface area contributed by atoms with Crippen LogP contribution in [0.1, 0.15) is 18.4 Å². The van der Waals surface area contributed by atoms with Crippen LogP contribution >= 0.6 is 0 Å². The predicted octanol–water partition coefficient (Wildman–Crippen LogP) is 2.35. The molecule has 0 aliphatic rings. The van der Waals surface area contributed by atoms with Gasteiger partial charge in [-0.05, 0) is 37.5 Å². The van der Waals surface area contributed by atoms with Crippen molar-refractivity contribution in [3.8, 4) is 0 Å². The van der Waals surface area contributed by atoms with Gasteiger partial charge in [0, 0.05) is 20.3 Å². The van der Waals surface area contributed by atoms with Gasteiger partial charge in [0.05, 0.1) is 11.0 Å². The van der Waals surface area contributed by atoms with Gasteiger partial charge in [0.1, 0.15) is 0 Å². The van der Waals surface area contributed by atoms with E-state index in [2.05, 4.69) is 34.7 Å². The second-order valence-corrected chi connectivity index (χ2v) is 4.31. The number of rotatable bonds is 5. The summed E-state index contributed by atoms with van der Waals surface area (Å²) in [6.07, 6.45) is 2.10. The van der Waals surface area contributed by atoms with Crippen molar-refractivity contribution in [2.24, 2.45) is 0 Å². The Balaban J connectivity index is 2.18. The number of imidazole rings is 1. The maximum atomic E-state index is 5.94. The third kappa shape index (κ3) is 2.58. The normalized spacial score (nSPS) is 11.2. The molecule has 1 heterocycles. The second kappa shape index (κ2) is 5.19. The first-order valence-corrected chi connectivity index (χ1v) is 5.93. The molecule has 4 heteroatoms. The number of hydrogen-bond acceptors (Lipinski definition) is 3. The molecule has 0 spiro atoms. The molecule has 0 saturated carbocycles. The quantitative estimate of drug-likeness (QED) is 0.806. The van der Waals surface area contributed by atoms with Gasteiger partial charge in [-0.1, -0.05) is 6.07 Å². The van der Waals surface area contributed by atoms with Gasteiger partial charge < -0.3 is 15.0 Å². The van der Waals surface area contributed by atoms with Crippen LogP contribution in [0.4, 0.5) is 5.95 Å². The number of unbranched alkanes of at least 4 members (excludes halogenated alkanes) is 1. The number of nitrogen functional groups attached to an aromatic ring is 1. The highest BCUT2D eigenvalue weighted by molar-refractivity contribution is 5.79. The summed E-state index contributed by atoms with van der Waals surface area (Å²) < 4.78 is 7.11. The molecule has 0 fully saturated rings. The Kier molecular flexibility index (Phi) is 3.64. The lowest BCUT2D eigenvalue weighted by Crippen LogP contribution is -2.04. The van der Waals surface area contributed by atoms with Crippen LogP contribution in [0, 0.1) is 6.92 Å². The first-order chi connectivity index (χ1) is 8.22. The predicted molar refractivity (Wildman–Crippen MR) is 70.0 cm³/mol. The molecular formula is C13H19N3O. The van der Waals surface area contributed by atoms with E-state index in [1.165, 1.54) is 5.56 Å². The number of ether oxygens (including phenoxy) is 1. The van der Waals surface area contributed by atoms with Crippen molar-refractivity contribution >= 4 is 17.0 Å². The van der Waals surface area contributed by atoms with E-state index in [0.717, 1.165) is 37.0 Å². The first kappa shape index (κ1) is 11.9. The molecule has 0 radical (unpaired) electrons. The van der Waals surface area contributed by atoms with Gasteiger partial charge in [-0.25, -0.2) is 4.98 Å². The van der Waals surface area contributed by atoms with Crippen molar-refractivity contribution in [1.82, 2.24) is 9.55 Å². The van der Waals surface area contributed by atoms with Crippen LogP contribution in [-0.2, 0) is 11.3 Å². The number of fused-ring (bicyclic) bond motifs is 1. The molecule has 0 saturated heterocycles. The summed E-state index contributed by atoms with van der Waals surface area (Å²) in [5, 5.41) is 0. The summed E-state index contributed by atoms with van der Waals surface area (Å²) in [6, 6.07) is 6.25. The molecule has 0 unspecified atom stereocenters. The van der Waals surface area contributed by atoms with Crippen molar-refractivity contribution in [1.29, 1.82) is 0 Å². The Bertz CT molecular complexity index is 505. The molecule has 0 bridgehead atoms. The highest BCUT2D eigenvalue weighted by Crippen LogP contribution is 2.19. The zero-order valence-electron chi connectivity index (χ0n) is 10.4. The van der Waals surface area contributed by atoms with Crippen LogP contribution in [0.2, 0.25) is 0 Å². The van der Waals surface area contributed by atoms with E-state index in [-0.39, 0.29) is 0 Å². The smallest absolute Gasteiger partial charge is 0.201 e. The Morgan fingerprint density at radius 2 is 2.18 bits per heavy atom. The fraction of sp³-hybridized carbons (Fsp3) is 0.462. The van der Waals surface area contributed by atoms with Crippen molar-refractivity contribution < 1.29 is 4.74 Å². The lowest BCUT2D eigenvalue weighted by molar-refractivity contribution is 0.191. The summed E-state index contributed by atoms with van der Waals surface area (Å²) in [6.45, 7) is 3.76. The molecule has 4 nitrogen and oxygen atoms in total. The molecule has 0 aliphatic carbocycles. The Morgan fingerprint density at radius 3 is 2.94 bits per heavy atom. The Hall–Kier alpha value is -1.55. The van der Waals surface area contributed by atoms with Gasteiger partial charge in [0.2, 0.25) is 5.95 Å². The maximum Gasteiger partial charge on any atom is 0.201 e. The molecule has 2 rings (SSSR count). The van der Waals surface area contributed by atoms with Crippen molar-refractivity contribution in [2.75, 3.05) is 19.5 Å². The zero-order valence-corrected chi connectivity index (χ0v) is 10.4. The van der Waals surface area contributed by atoms with E-state index < -0.39 is 0 Å². The van der Waals surface area contributed by atoms with E-state index in [1.807, 2.05) is 0 Å². The van der Waals surface area contributed by atoms with Gasteiger partial charge in [-0.2, -0.15) is 0 Å². The number of anilines is 1. The van der Waals surface area contributed by atoms with Crippen LogP contribution in [-0.4, -0.2) is 23.3 Å². The Morgan fingerprint density at radius 1 is 1.35 bits per heavy atom. The SMILES string of the molecule is COCCCCn1c(N)nc2cc(C)ccc21. The Labute approximate surface area is 101 Å². The lowest BCUT2D eigenvalue weighted by atomic mass is 10.2. The third-order valence-electron chi connectivity index (χ3n) is 2.91. The molecule has 2 aromatic rings. The van der Waals surface area contributed by atoms with Crippen LogP contribution in [0.3, 0.4) is 0 Å². The van der Waals surface area contributed by atoms with E-state index in [4.69, 9.17) is 10.5 Å². The first-order valence-electron chi connectivity index (χ1n) is 5.93. The minimum absolute atomic E-state index is 0.600. The van der Waals surface area contributed by atoms with Gasteiger partial charge in [0.25, 0.3) is 0 Å². The van der Waals surface area contributed by atoms with Gasteiger partial charge >= 0.3 is 0 Å². The van der Waals surface area contributed by atoms with Gasteiger partial charge in [-0.15, -0.1) is 0 Å². The monoisotopic (exact) mass is 233 g/mol. The van der Waals surface area contributed by atoms with E-state index >= 15 is 0 Å². The summed E-state index contributed by atoms with van der Waals surface area (Å²) in [7, 11) is 1.73. The molecule has 0 amide bonds. The summed E-state index contributed by atoms with van der Waals surface area (Å²) in [4.78, 5) is 4.38. The van der Waals surface area contributed by atoms with Crippen molar-refractivity contribution in [3.05, 3.63) is 23.8 Å². The fourth-order valence-electron chi connectivity index (χ4n) is 2.01. The molecule has 1 aromatic heterocycles. The minimum Gasteiger partial charge on any atom is -0.385 e. The minimum atomic E-state index is 0.600. The van der Waals surface area contributed by atoms with Crippen LogP contribution in [0.15, 0.2) is 18.2 Å². The summed E-state index contributed by atoms with van der Waals surface area (Å²) >= 11 is 0. The van der Waals surface area contributed by atoms with E-state index in [9.17, 15) is 0 Å². The molecule has 2 N–H and O–H groups in total. The van der Waals surface area contributed by atoms with Crippen molar-refractivity contribution in [3.63, 3.8) is 0 Å². The van der Waals surface area contributed by atoms with Crippen LogP contribution in [0.5, 0.6) is 0 Å². The number of methoxy groups -OCH3 is 1. The summed E-state index contributed by atoms with van der Waals surface area (Å²) in [5.74, 6) is 0.600. The van der Waals surface area contributed by atoms with E-state index in [0.29, 0.717) is 5.95 Å². The number of benzene rings is 1. The number of aryl methyl sites for hydroxylation is 2. The third-order valence-corrected chi connectivity index (χ3v) is 2.91. The maximum absolute atomic E-state index is 5.94. The molecule has 0 aliphatic heterocycles.